The number of methoxy groups -OCH3 is 1. The van der Waals surface area contributed by atoms with E-state index in [4.69, 9.17) is 14.5 Å². The van der Waals surface area contributed by atoms with E-state index >= 15 is 0 Å². The highest BCUT2D eigenvalue weighted by molar-refractivity contribution is 6.06. The monoisotopic (exact) mass is 471 g/mol. The van der Waals surface area contributed by atoms with Crippen LogP contribution in [-0.4, -0.2) is 39.4 Å². The fraction of sp³-hybridized carbons (Fsp3) is 0.333. The molecule has 1 amide bonds. The van der Waals surface area contributed by atoms with Crippen LogP contribution in [0.25, 0.3) is 16.9 Å². The molecule has 1 aromatic carbocycles. The van der Waals surface area contributed by atoms with E-state index in [2.05, 4.69) is 22.3 Å². The molecule has 0 spiro atoms. The van der Waals surface area contributed by atoms with Crippen molar-refractivity contribution >= 4 is 16.9 Å². The second-order valence-electron chi connectivity index (χ2n) is 8.77. The van der Waals surface area contributed by atoms with E-state index in [0.717, 1.165) is 41.6 Å². The Bertz CT molecular complexity index is 1360. The summed E-state index contributed by atoms with van der Waals surface area (Å²) in [7, 11) is 1.62. The smallest absolute Gasteiger partial charge is 0.252 e. The molecule has 0 unspecified atom stereocenters. The molecule has 1 saturated carbocycles. The number of aryl methyl sites for hydroxylation is 1. The molecule has 3 heterocycles. The Morgan fingerprint density at radius 2 is 2.03 bits per heavy atom. The summed E-state index contributed by atoms with van der Waals surface area (Å²) in [6, 6.07) is 13.3. The van der Waals surface area contributed by atoms with E-state index < -0.39 is 0 Å². The average Bonchev–Trinajstić information content (AvgIpc) is 3.69. The molecule has 0 radical (unpaired) electrons. The van der Waals surface area contributed by atoms with E-state index in [9.17, 15) is 4.79 Å². The third-order valence-electron chi connectivity index (χ3n) is 6.08. The Hall–Kier alpha value is -3.94. The molecule has 3 aromatic heterocycles. The van der Waals surface area contributed by atoms with Gasteiger partial charge in [-0.15, -0.1) is 0 Å². The van der Waals surface area contributed by atoms with Crippen LogP contribution in [0.15, 0.2) is 48.7 Å². The summed E-state index contributed by atoms with van der Waals surface area (Å²) in [6.07, 6.45) is 4.81. The number of benzene rings is 1. The Kier molecular flexibility index (Phi) is 6.35. The van der Waals surface area contributed by atoms with Crippen LogP contribution in [0.5, 0.6) is 11.5 Å². The molecule has 0 saturated heterocycles. The maximum atomic E-state index is 13.4. The summed E-state index contributed by atoms with van der Waals surface area (Å²) >= 11 is 0. The summed E-state index contributed by atoms with van der Waals surface area (Å²) in [6.45, 7) is 4.94. The van der Waals surface area contributed by atoms with Crippen LogP contribution in [-0.2, 0) is 6.54 Å². The summed E-state index contributed by atoms with van der Waals surface area (Å²) < 4.78 is 12.9. The molecule has 1 aliphatic rings. The summed E-state index contributed by atoms with van der Waals surface area (Å²) in [5.41, 5.74) is 3.84. The minimum Gasteiger partial charge on any atom is -0.493 e. The molecular formula is C27H29N5O3. The van der Waals surface area contributed by atoms with E-state index in [1.54, 1.807) is 18.0 Å². The fourth-order valence-corrected chi connectivity index (χ4v) is 4.15. The van der Waals surface area contributed by atoms with Gasteiger partial charge in [0.1, 0.15) is 0 Å². The SMILES string of the molecule is CCCOc1ccc(CNC(=O)c2cc(C3CC3)nc3c2c(C)nn3-c2ccccn2)cc1OC. The van der Waals surface area contributed by atoms with Gasteiger partial charge in [0.05, 0.1) is 30.4 Å². The minimum atomic E-state index is -0.159. The second-order valence-corrected chi connectivity index (χ2v) is 8.77. The topological polar surface area (TPSA) is 91.2 Å². The lowest BCUT2D eigenvalue weighted by molar-refractivity contribution is 0.0952. The van der Waals surface area contributed by atoms with Gasteiger partial charge in [-0.3, -0.25) is 4.79 Å². The Morgan fingerprint density at radius 3 is 2.74 bits per heavy atom. The Morgan fingerprint density at radius 1 is 1.17 bits per heavy atom. The van der Waals surface area contributed by atoms with Gasteiger partial charge in [-0.2, -0.15) is 9.78 Å². The predicted molar refractivity (Wildman–Crippen MR) is 133 cm³/mol. The Balaban J connectivity index is 1.45. The largest absolute Gasteiger partial charge is 0.493 e. The maximum absolute atomic E-state index is 13.4. The number of aromatic nitrogens is 4. The number of amides is 1. The van der Waals surface area contributed by atoms with E-state index in [-0.39, 0.29) is 5.91 Å². The molecule has 0 aliphatic heterocycles. The molecule has 180 valence electrons. The van der Waals surface area contributed by atoms with Crippen LogP contribution in [0.4, 0.5) is 0 Å². The van der Waals surface area contributed by atoms with E-state index in [0.29, 0.717) is 47.6 Å². The quantitative estimate of drug-likeness (QED) is 0.380. The number of pyridine rings is 2. The lowest BCUT2D eigenvalue weighted by atomic mass is 10.1. The predicted octanol–water partition coefficient (Wildman–Crippen LogP) is 4.73. The molecule has 1 N–H and O–H groups in total. The van der Waals surface area contributed by atoms with Gasteiger partial charge in [-0.25, -0.2) is 9.97 Å². The van der Waals surface area contributed by atoms with Gasteiger partial charge in [0.25, 0.3) is 5.91 Å². The summed E-state index contributed by atoms with van der Waals surface area (Å²) in [5, 5.41) is 8.50. The van der Waals surface area contributed by atoms with Gasteiger partial charge in [-0.05, 0) is 62.1 Å². The van der Waals surface area contributed by atoms with Gasteiger partial charge in [0, 0.05) is 24.4 Å². The number of ether oxygens (including phenoxy) is 2. The average molecular weight is 472 g/mol. The zero-order chi connectivity index (χ0) is 24.4. The number of carbonyl (C=O) groups is 1. The summed E-state index contributed by atoms with van der Waals surface area (Å²) in [5.74, 6) is 2.26. The number of nitrogens with zero attached hydrogens (tertiary/aromatic N) is 4. The molecule has 8 nitrogen and oxygen atoms in total. The number of fused-ring (bicyclic) bond motifs is 1. The third kappa shape index (κ3) is 4.69. The van der Waals surface area contributed by atoms with E-state index in [1.807, 2.05) is 49.4 Å². The van der Waals surface area contributed by atoms with Crippen LogP contribution in [0.1, 0.15) is 59.4 Å². The van der Waals surface area contributed by atoms with Gasteiger partial charge in [-0.1, -0.05) is 19.1 Å². The Labute approximate surface area is 204 Å². The number of rotatable bonds is 9. The standard InChI is InChI=1S/C27H29N5O3/c1-4-13-35-22-11-8-18(14-23(22)34-3)16-29-27(33)20-15-21(19-9-10-19)30-26-25(20)17(2)31-32(26)24-7-5-6-12-28-24/h5-8,11-12,14-15,19H,4,9-10,13,16H2,1-3H3,(H,29,33). The maximum Gasteiger partial charge on any atom is 0.252 e. The first-order chi connectivity index (χ1) is 17.1. The number of hydrogen-bond acceptors (Lipinski definition) is 6. The van der Waals surface area contributed by atoms with Crippen LogP contribution < -0.4 is 14.8 Å². The van der Waals surface area contributed by atoms with Gasteiger partial charge >= 0.3 is 0 Å². The third-order valence-corrected chi connectivity index (χ3v) is 6.08. The van der Waals surface area contributed by atoms with Crippen molar-refractivity contribution in [1.29, 1.82) is 0 Å². The van der Waals surface area contributed by atoms with Crippen LogP contribution in [0, 0.1) is 6.92 Å². The molecular weight excluding hydrogens is 442 g/mol. The zero-order valence-electron chi connectivity index (χ0n) is 20.2. The van der Waals surface area contributed by atoms with Crippen molar-refractivity contribution in [2.75, 3.05) is 13.7 Å². The molecule has 5 rings (SSSR count). The second kappa shape index (κ2) is 9.74. The van der Waals surface area contributed by atoms with Crippen molar-refractivity contribution in [2.45, 2.75) is 45.6 Å². The van der Waals surface area contributed by atoms with Gasteiger partial charge < -0.3 is 14.8 Å². The molecule has 1 aliphatic carbocycles. The van der Waals surface area contributed by atoms with Crippen LogP contribution in [0.2, 0.25) is 0 Å². The van der Waals surface area contributed by atoms with Crippen molar-refractivity contribution < 1.29 is 14.3 Å². The highest BCUT2D eigenvalue weighted by Crippen LogP contribution is 2.40. The number of carbonyl (C=O) groups excluding carboxylic acids is 1. The highest BCUT2D eigenvalue weighted by Gasteiger charge is 2.29. The van der Waals surface area contributed by atoms with Crippen molar-refractivity contribution in [1.82, 2.24) is 25.1 Å². The van der Waals surface area contributed by atoms with Crippen molar-refractivity contribution in [2.24, 2.45) is 0 Å². The summed E-state index contributed by atoms with van der Waals surface area (Å²) in [4.78, 5) is 22.8. The normalized spacial score (nSPS) is 13.1. The minimum absolute atomic E-state index is 0.159. The number of nitrogens with one attached hydrogen (secondary N) is 1. The zero-order valence-corrected chi connectivity index (χ0v) is 20.2. The molecule has 35 heavy (non-hydrogen) atoms. The molecule has 4 aromatic rings. The molecule has 0 bridgehead atoms. The molecule has 1 fully saturated rings. The lowest BCUT2D eigenvalue weighted by Crippen LogP contribution is -2.23. The van der Waals surface area contributed by atoms with Crippen LogP contribution >= 0.6 is 0 Å². The van der Waals surface area contributed by atoms with Gasteiger partial charge in [0.2, 0.25) is 0 Å². The van der Waals surface area contributed by atoms with Crippen molar-refractivity contribution in [3.8, 4) is 17.3 Å². The van der Waals surface area contributed by atoms with Crippen molar-refractivity contribution in [3.63, 3.8) is 0 Å². The van der Waals surface area contributed by atoms with Gasteiger partial charge in [0.15, 0.2) is 23.0 Å². The fourth-order valence-electron chi connectivity index (χ4n) is 4.15. The van der Waals surface area contributed by atoms with Crippen LogP contribution in [0.3, 0.4) is 0 Å². The molecule has 8 heteroatoms. The number of hydrogen-bond donors (Lipinski definition) is 1. The first-order valence-electron chi connectivity index (χ1n) is 12.0. The van der Waals surface area contributed by atoms with E-state index in [1.165, 1.54) is 0 Å². The van der Waals surface area contributed by atoms with Crippen molar-refractivity contribution in [3.05, 3.63) is 71.2 Å². The first-order valence-corrected chi connectivity index (χ1v) is 12.0. The molecule has 0 atom stereocenters. The highest BCUT2D eigenvalue weighted by atomic mass is 16.5. The first kappa shape index (κ1) is 22.8. The lowest BCUT2D eigenvalue weighted by Gasteiger charge is -2.13.